The van der Waals surface area contributed by atoms with Gasteiger partial charge in [0.2, 0.25) is 5.60 Å². The van der Waals surface area contributed by atoms with Gasteiger partial charge in [0.05, 0.1) is 19.8 Å². The minimum atomic E-state index is -0.955. The third-order valence-electron chi connectivity index (χ3n) is 16.4. The Morgan fingerprint density at radius 3 is 1.37 bits per heavy atom. The first-order valence-electron chi connectivity index (χ1n) is 32.6. The Kier molecular flexibility index (Phi) is 55.1. The minimum Gasteiger partial charge on any atom is -1.00 e. The predicted molar refractivity (Wildman–Crippen MR) is 341 cm³/mol. The number of rotatable bonds is 40. The number of halogens is 1. The molecule has 2 aliphatic heterocycles. The Labute approximate surface area is 653 Å². The zero-order valence-electron chi connectivity index (χ0n) is 58.0. The van der Waals surface area contributed by atoms with Gasteiger partial charge in [0.15, 0.2) is 18.0 Å². The second-order valence-electron chi connectivity index (χ2n) is 23.3. The molecule has 490 valence electrons. The van der Waals surface area contributed by atoms with E-state index in [4.69, 9.17) is 38.5 Å². The van der Waals surface area contributed by atoms with Crippen molar-refractivity contribution < 1.29 is 212 Å². The van der Waals surface area contributed by atoms with Crippen molar-refractivity contribution in [3.8, 4) is 23.0 Å². The minimum absolute atomic E-state index is 0. The normalized spacial score (nSPS) is 15.2. The first-order valence-corrected chi connectivity index (χ1v) is 33.7. The second kappa shape index (κ2) is 54.0. The summed E-state index contributed by atoms with van der Waals surface area (Å²) >= 11 is 2.94. The molecule has 0 bridgehead atoms. The molecule has 1 N–H and O–H groups in total. The molecule has 0 spiro atoms. The molecule has 0 radical (unpaired) electrons. The van der Waals surface area contributed by atoms with Gasteiger partial charge in [0.25, 0.3) is 6.47 Å². The molecule has 2 aliphatic rings. The molecular formula is C69H115BrCs2O15. The van der Waals surface area contributed by atoms with Crippen LogP contribution in [0.5, 0.6) is 23.0 Å². The number of carbonyl (C=O) groups excluding carboxylic acids is 5. The number of aromatic hydroxyl groups is 1. The fourth-order valence-electron chi connectivity index (χ4n) is 10.7. The molecular weight excluding hydrogens is 1410 g/mol. The molecule has 18 heteroatoms. The van der Waals surface area contributed by atoms with Crippen molar-refractivity contribution in [2.24, 2.45) is 0 Å². The third kappa shape index (κ3) is 35.7. The van der Waals surface area contributed by atoms with Crippen molar-refractivity contribution >= 4 is 46.1 Å². The first kappa shape index (κ1) is 88.8. The molecule has 2 atom stereocenters. The number of esters is 3. The van der Waals surface area contributed by atoms with Crippen LogP contribution >= 0.6 is 15.9 Å². The number of carbonyl (C=O) groups is 5. The number of phenols is 1. The largest absolute Gasteiger partial charge is 1.00 e. The summed E-state index contributed by atoms with van der Waals surface area (Å²) in [6, 6.07) is 0. The van der Waals surface area contributed by atoms with Crippen LogP contribution in [0.15, 0.2) is 0 Å². The zero-order valence-corrected chi connectivity index (χ0v) is 71.1. The van der Waals surface area contributed by atoms with Crippen LogP contribution in [0.25, 0.3) is 0 Å². The third-order valence-corrected chi connectivity index (χ3v) is 16.9. The Balaban J connectivity index is -0.00000137. The van der Waals surface area contributed by atoms with E-state index in [1.54, 1.807) is 13.8 Å². The van der Waals surface area contributed by atoms with Crippen LogP contribution in [0.2, 0.25) is 0 Å². The summed E-state index contributed by atoms with van der Waals surface area (Å²) in [7, 11) is 0. The number of phenolic OH excluding ortho intramolecular Hbond substituents is 1. The van der Waals surface area contributed by atoms with Crippen molar-refractivity contribution in [3.63, 3.8) is 0 Å². The number of fused-ring (bicyclic) bond motifs is 2. The van der Waals surface area contributed by atoms with Gasteiger partial charge in [-0.25, -0.2) is 9.59 Å². The van der Waals surface area contributed by atoms with Crippen LogP contribution in [0, 0.1) is 41.5 Å². The van der Waals surface area contributed by atoms with Crippen molar-refractivity contribution in [1.82, 2.24) is 0 Å². The van der Waals surface area contributed by atoms with Gasteiger partial charge in [-0.05, 0) is 148 Å². The van der Waals surface area contributed by atoms with Gasteiger partial charge in [-0.1, -0.05) is 171 Å². The van der Waals surface area contributed by atoms with E-state index in [2.05, 4.69) is 39.4 Å². The van der Waals surface area contributed by atoms with E-state index in [-0.39, 0.29) is 176 Å². The number of alkyl halides is 1. The molecule has 4 rings (SSSR count). The van der Waals surface area contributed by atoms with Crippen molar-refractivity contribution in [3.05, 3.63) is 44.5 Å². The van der Waals surface area contributed by atoms with Gasteiger partial charge < -0.3 is 49.8 Å². The van der Waals surface area contributed by atoms with Crippen LogP contribution in [0.1, 0.15) is 274 Å². The van der Waals surface area contributed by atoms with Crippen LogP contribution in [-0.2, 0) is 60.6 Å². The average Bonchev–Trinajstić information content (AvgIpc) is 0.856. The smallest absolute Gasteiger partial charge is 1.00 e. The van der Waals surface area contributed by atoms with Gasteiger partial charge >= 0.3 is 156 Å². The molecule has 2 aromatic carbocycles. The van der Waals surface area contributed by atoms with E-state index >= 15 is 0 Å². The number of hydrogen-bond acceptors (Lipinski definition) is 15. The van der Waals surface area contributed by atoms with E-state index in [1.807, 2.05) is 55.4 Å². The Hall–Kier alpha value is -0.306. The summed E-state index contributed by atoms with van der Waals surface area (Å²) in [4.78, 5) is 59.2. The molecule has 0 aromatic heterocycles. The van der Waals surface area contributed by atoms with Crippen molar-refractivity contribution in [1.29, 1.82) is 0 Å². The Morgan fingerprint density at radius 1 is 0.540 bits per heavy atom. The topological polar surface area (TPSA) is 202 Å². The van der Waals surface area contributed by atoms with E-state index in [1.165, 1.54) is 128 Å². The van der Waals surface area contributed by atoms with Gasteiger partial charge in [-0.2, -0.15) is 0 Å². The summed E-state index contributed by atoms with van der Waals surface area (Å²) in [5.41, 5.74) is 5.79. The number of Topliss-reactive ketones (excluding diaryl/α,β-unsaturated/α-hetero) is 1. The Bertz CT molecular complexity index is 2230. The standard InChI is InChI=1S/C34H56O6.C30H50O4.C4H7BrO2.CH2O3.2Cs.H/c1-7-9-10-11-15-18-23-37-24-19-16-13-12-14-17-20-30(35)34(6)22-21-29-28(5)32(39-25-31(36)38-8-2)26(3)27(4)33(29)40-34;1-6-7-8-9-10-11-12-13-14-15-16-17-18-19-22-33-29(32)30(5)21-20-26-25(4)27(31)23(2)24(3)28(26)34-30;1-2-7-4(6)3-5;2-1-4-3;;;/h7-25H2,1-6H3;31H,6-22H2,1-5H3;2-3H2,1H3;1,3H;;;/q;;;;2*+1;-1/p-1. The van der Waals surface area contributed by atoms with Crippen LogP contribution in [0.4, 0.5) is 0 Å². The maximum atomic E-state index is 13.2. The van der Waals surface area contributed by atoms with E-state index in [0.29, 0.717) is 62.3 Å². The molecule has 0 saturated heterocycles. The monoisotopic (exact) mass is 1530 g/mol. The molecule has 0 aliphatic carbocycles. The predicted octanol–water partition coefficient (Wildman–Crippen LogP) is 10.2. The number of benzene rings is 2. The Morgan fingerprint density at radius 2 is 0.931 bits per heavy atom. The van der Waals surface area contributed by atoms with E-state index in [9.17, 15) is 24.3 Å². The quantitative estimate of drug-likeness (QED) is 0.0125. The van der Waals surface area contributed by atoms with Crippen molar-refractivity contribution in [2.75, 3.05) is 45.0 Å². The molecule has 2 heterocycles. The first-order chi connectivity index (χ1) is 40.8. The summed E-state index contributed by atoms with van der Waals surface area (Å²) in [6.45, 7) is 26.3. The maximum absolute atomic E-state index is 13.2. The molecule has 0 fully saturated rings. The summed E-state index contributed by atoms with van der Waals surface area (Å²) in [5, 5.41) is 19.1. The van der Waals surface area contributed by atoms with Crippen LogP contribution < -0.4 is 157 Å². The van der Waals surface area contributed by atoms with Gasteiger partial charge in [-0.3, -0.25) is 14.4 Å². The maximum Gasteiger partial charge on any atom is 1.00 e. The van der Waals surface area contributed by atoms with Crippen molar-refractivity contribution in [2.45, 2.75) is 293 Å². The van der Waals surface area contributed by atoms with Crippen LogP contribution in [0.3, 0.4) is 0 Å². The molecule has 0 amide bonds. The van der Waals surface area contributed by atoms with Crippen LogP contribution in [-0.4, -0.2) is 91.4 Å². The SMILES string of the molecule is CCCCCCCCCCCCCCCCOC(=O)C1(C)CCc2c(C)c(O)c(C)c(C)c2O1.CCCCCCCCOCCCCCCCCC(=O)C1(C)CCc2c(C)c(OCC(=O)OCC)c(C)c(C)c2O1.CCOC(=O)CBr.O=CO[O-].[Cs+].[Cs+].[H-]. The summed E-state index contributed by atoms with van der Waals surface area (Å²) < 4.78 is 39.4. The molecule has 2 aromatic rings. The van der Waals surface area contributed by atoms with Gasteiger partial charge in [0, 0.05) is 37.2 Å². The van der Waals surface area contributed by atoms with Gasteiger partial charge in [-0.15, -0.1) is 0 Å². The molecule has 15 nitrogen and oxygen atoms in total. The fourth-order valence-corrected chi connectivity index (χ4v) is 10.9. The number of unbranched alkanes of at least 4 members (excludes halogenated alkanes) is 23. The number of hydrogen-bond donors (Lipinski definition) is 1. The number of ether oxygens (including phenoxy) is 7. The summed E-state index contributed by atoms with van der Waals surface area (Å²) in [5.74, 6) is 1.95. The molecule has 2 unspecified atom stereocenters. The van der Waals surface area contributed by atoms with Gasteiger partial charge in [0.1, 0.15) is 28.3 Å². The zero-order chi connectivity index (χ0) is 63.5. The molecule has 0 saturated carbocycles. The van der Waals surface area contributed by atoms with E-state index < -0.39 is 11.2 Å². The molecule has 87 heavy (non-hydrogen) atoms. The number of ketones is 1. The average molecular weight is 1530 g/mol. The van der Waals surface area contributed by atoms with E-state index in [0.717, 1.165) is 114 Å². The second-order valence-corrected chi connectivity index (χ2v) is 23.9. The summed E-state index contributed by atoms with van der Waals surface area (Å²) in [6.07, 6.45) is 36.2. The fraction of sp³-hybridized carbons (Fsp3) is 0.754.